The lowest BCUT2D eigenvalue weighted by Crippen LogP contribution is -2.29. The van der Waals surface area contributed by atoms with E-state index in [4.69, 9.17) is 23.6 Å². The number of hydrogen-bond acceptors (Lipinski definition) is 8. The van der Waals surface area contributed by atoms with Crippen LogP contribution in [0.2, 0.25) is 0 Å². The Kier molecular flexibility index (Phi) is 41.7. The van der Waals surface area contributed by atoms with Crippen LogP contribution in [0.5, 0.6) is 0 Å². The Morgan fingerprint density at radius 3 is 1.20 bits per heavy atom. The Labute approximate surface area is 333 Å². The first-order valence-corrected chi connectivity index (χ1v) is 24.5. The molecule has 0 aliphatic carbocycles. The predicted octanol–water partition coefficient (Wildman–Crippen LogP) is 12.7. The summed E-state index contributed by atoms with van der Waals surface area (Å²) >= 11 is 0. The van der Waals surface area contributed by atoms with Crippen LogP contribution in [0.25, 0.3) is 0 Å². The fourth-order valence-electron chi connectivity index (χ4n) is 6.77. The van der Waals surface area contributed by atoms with Crippen molar-refractivity contribution in [1.82, 2.24) is 0 Å². The summed E-state index contributed by atoms with van der Waals surface area (Å²) in [6.07, 6.45) is 40.7. The zero-order chi connectivity index (χ0) is 39.6. The third kappa shape index (κ3) is 41.1. The molecule has 0 rings (SSSR count). The summed E-state index contributed by atoms with van der Waals surface area (Å²) in [5.74, 6) is -0.376. The lowest BCUT2D eigenvalue weighted by molar-refractivity contribution is -0.154. The average Bonchev–Trinajstić information content (AvgIpc) is 3.16. The molecule has 0 spiro atoms. The van der Waals surface area contributed by atoms with Gasteiger partial charge in [0.2, 0.25) is 0 Å². The highest BCUT2D eigenvalue weighted by molar-refractivity contribution is 7.47. The van der Waals surface area contributed by atoms with Crippen molar-refractivity contribution in [3.8, 4) is 0 Å². The largest absolute Gasteiger partial charge is 0.472 e. The standard InChI is InChI=1S/C44H89O9P/c1-3-5-7-9-11-13-15-16-17-18-19-20-21-22-23-24-25-26-28-30-32-34-36-44(47)53-43(41-52-54(48,49)51-39-42(46)38-45)40-50-37-35-33-31-29-27-14-12-10-8-6-4-2/h42-43,45-46H,3-41H2,1-2H3,(H,48,49). The van der Waals surface area contributed by atoms with E-state index in [9.17, 15) is 19.4 Å². The molecule has 0 aliphatic rings. The lowest BCUT2D eigenvalue weighted by atomic mass is 10.0. The number of aliphatic hydroxyl groups is 2. The third-order valence-corrected chi connectivity index (χ3v) is 11.2. The summed E-state index contributed by atoms with van der Waals surface area (Å²) < 4.78 is 33.4. The summed E-state index contributed by atoms with van der Waals surface area (Å²) in [4.78, 5) is 22.6. The number of carbonyl (C=O) groups is 1. The number of hydrogen-bond donors (Lipinski definition) is 3. The molecular formula is C44H89O9P. The number of phosphoric ester groups is 1. The zero-order valence-corrected chi connectivity index (χ0v) is 36.4. The molecule has 0 amide bonds. The molecule has 0 bridgehead atoms. The summed E-state index contributed by atoms with van der Waals surface area (Å²) in [6, 6.07) is 0. The van der Waals surface area contributed by atoms with Gasteiger partial charge in [0.15, 0.2) is 0 Å². The van der Waals surface area contributed by atoms with Gasteiger partial charge in [-0.3, -0.25) is 13.8 Å². The first-order chi connectivity index (χ1) is 26.3. The molecule has 10 heteroatoms. The lowest BCUT2D eigenvalue weighted by Gasteiger charge is -2.20. The quantitative estimate of drug-likeness (QED) is 0.0313. The molecule has 3 unspecified atom stereocenters. The summed E-state index contributed by atoms with van der Waals surface area (Å²) in [5.41, 5.74) is 0. The SMILES string of the molecule is CCCCCCCCCCCCCCCCCCCCCCCCC(=O)OC(COCCCCCCCCCCCCC)COP(=O)(O)OCC(O)CO. The second-order valence-electron chi connectivity index (χ2n) is 15.8. The van der Waals surface area contributed by atoms with Gasteiger partial charge >= 0.3 is 13.8 Å². The minimum absolute atomic E-state index is 0.0577. The van der Waals surface area contributed by atoms with Gasteiger partial charge in [-0.05, 0) is 12.8 Å². The third-order valence-electron chi connectivity index (χ3n) is 10.3. The van der Waals surface area contributed by atoms with Crippen molar-refractivity contribution in [1.29, 1.82) is 0 Å². The summed E-state index contributed by atoms with van der Waals surface area (Å²) in [6.45, 7) is 3.57. The van der Waals surface area contributed by atoms with E-state index >= 15 is 0 Å². The number of ether oxygens (including phenoxy) is 2. The van der Waals surface area contributed by atoms with Gasteiger partial charge in [-0.2, -0.15) is 0 Å². The van der Waals surface area contributed by atoms with Crippen LogP contribution in [-0.2, 0) is 27.9 Å². The smallest absolute Gasteiger partial charge is 0.457 e. The highest BCUT2D eigenvalue weighted by Crippen LogP contribution is 2.43. The molecule has 0 aromatic heterocycles. The zero-order valence-electron chi connectivity index (χ0n) is 35.5. The van der Waals surface area contributed by atoms with Crippen LogP contribution in [0, 0.1) is 0 Å². The minimum atomic E-state index is -4.51. The van der Waals surface area contributed by atoms with Crippen molar-refractivity contribution in [3.63, 3.8) is 0 Å². The average molecular weight is 793 g/mol. The minimum Gasteiger partial charge on any atom is -0.457 e. The maximum Gasteiger partial charge on any atom is 0.472 e. The Bertz CT molecular complexity index is 815. The van der Waals surface area contributed by atoms with Crippen molar-refractivity contribution < 1.29 is 43.0 Å². The normalized spacial score (nSPS) is 13.9. The van der Waals surface area contributed by atoms with Crippen molar-refractivity contribution >= 4 is 13.8 Å². The molecule has 0 aliphatic heterocycles. The molecule has 9 nitrogen and oxygen atoms in total. The molecule has 54 heavy (non-hydrogen) atoms. The van der Waals surface area contributed by atoms with E-state index < -0.39 is 33.2 Å². The van der Waals surface area contributed by atoms with Crippen LogP contribution in [-0.4, -0.2) is 66.3 Å². The molecule has 3 atom stereocenters. The van der Waals surface area contributed by atoms with E-state index in [0.29, 0.717) is 6.61 Å². The van der Waals surface area contributed by atoms with Crippen molar-refractivity contribution in [2.45, 2.75) is 244 Å². The molecule has 0 radical (unpaired) electrons. The Morgan fingerprint density at radius 1 is 0.500 bits per heavy atom. The van der Waals surface area contributed by atoms with Crippen molar-refractivity contribution in [3.05, 3.63) is 0 Å². The molecule has 0 saturated heterocycles. The molecule has 324 valence electrons. The van der Waals surface area contributed by atoms with Crippen LogP contribution in [0.3, 0.4) is 0 Å². The summed E-state index contributed by atoms with van der Waals surface area (Å²) in [7, 11) is -4.51. The van der Waals surface area contributed by atoms with Crippen molar-refractivity contribution in [2.24, 2.45) is 0 Å². The first kappa shape index (κ1) is 53.5. The van der Waals surface area contributed by atoms with E-state index in [1.54, 1.807) is 0 Å². The number of carbonyl (C=O) groups excluding carboxylic acids is 1. The maximum absolute atomic E-state index is 12.6. The van der Waals surface area contributed by atoms with Gasteiger partial charge in [0.1, 0.15) is 12.2 Å². The van der Waals surface area contributed by atoms with Gasteiger partial charge < -0.3 is 24.6 Å². The first-order valence-electron chi connectivity index (χ1n) is 23.0. The number of rotatable bonds is 45. The Balaban J connectivity index is 4.00. The van der Waals surface area contributed by atoms with E-state index in [0.717, 1.165) is 32.1 Å². The van der Waals surface area contributed by atoms with Gasteiger partial charge in [0.25, 0.3) is 0 Å². The highest BCUT2D eigenvalue weighted by atomic mass is 31.2. The highest BCUT2D eigenvalue weighted by Gasteiger charge is 2.26. The van der Waals surface area contributed by atoms with E-state index in [1.165, 1.54) is 180 Å². The van der Waals surface area contributed by atoms with E-state index in [-0.39, 0.29) is 25.6 Å². The van der Waals surface area contributed by atoms with E-state index in [1.807, 2.05) is 0 Å². The molecule has 0 aromatic carbocycles. The van der Waals surface area contributed by atoms with Crippen LogP contribution >= 0.6 is 7.82 Å². The van der Waals surface area contributed by atoms with Gasteiger partial charge in [-0.1, -0.05) is 213 Å². The number of unbranched alkanes of at least 4 members (excludes halogenated alkanes) is 31. The van der Waals surface area contributed by atoms with Gasteiger partial charge in [-0.15, -0.1) is 0 Å². The van der Waals surface area contributed by atoms with Crippen LogP contribution in [0.15, 0.2) is 0 Å². The van der Waals surface area contributed by atoms with E-state index in [2.05, 4.69) is 13.8 Å². The monoisotopic (exact) mass is 793 g/mol. The number of esters is 1. The fraction of sp³-hybridized carbons (Fsp3) is 0.977. The predicted molar refractivity (Wildman–Crippen MR) is 224 cm³/mol. The molecule has 3 N–H and O–H groups in total. The summed E-state index contributed by atoms with van der Waals surface area (Å²) in [5, 5.41) is 18.3. The van der Waals surface area contributed by atoms with Gasteiger partial charge in [0.05, 0.1) is 26.4 Å². The Hall–Kier alpha value is -0.540. The van der Waals surface area contributed by atoms with Crippen LogP contribution in [0.1, 0.15) is 232 Å². The topological polar surface area (TPSA) is 132 Å². The molecule has 0 aromatic rings. The molecular weight excluding hydrogens is 703 g/mol. The second-order valence-corrected chi connectivity index (χ2v) is 17.2. The molecule has 0 heterocycles. The second kappa shape index (κ2) is 42.1. The van der Waals surface area contributed by atoms with Crippen LogP contribution < -0.4 is 0 Å². The maximum atomic E-state index is 12.6. The molecule has 0 fully saturated rings. The molecule has 0 saturated carbocycles. The number of phosphoric acid groups is 1. The van der Waals surface area contributed by atoms with Gasteiger partial charge in [-0.25, -0.2) is 4.57 Å². The Morgan fingerprint density at radius 2 is 0.833 bits per heavy atom. The fourth-order valence-corrected chi connectivity index (χ4v) is 7.56. The van der Waals surface area contributed by atoms with Gasteiger partial charge in [0, 0.05) is 13.0 Å². The van der Waals surface area contributed by atoms with Crippen LogP contribution in [0.4, 0.5) is 0 Å². The van der Waals surface area contributed by atoms with Crippen molar-refractivity contribution in [2.75, 3.05) is 33.0 Å². The number of aliphatic hydroxyl groups excluding tert-OH is 2.